The van der Waals surface area contributed by atoms with Crippen LogP contribution in [0, 0.1) is 0 Å². The summed E-state index contributed by atoms with van der Waals surface area (Å²) in [5, 5.41) is 4.84. The third-order valence-electron chi connectivity index (χ3n) is 3.61. The van der Waals surface area contributed by atoms with Gasteiger partial charge in [0.05, 0.1) is 37.6 Å². The number of nitrogens with one attached hydrogen (secondary N) is 1. The minimum Gasteiger partial charge on any atom is -0.465 e. The second-order valence-corrected chi connectivity index (χ2v) is 6.15. The maximum absolute atomic E-state index is 12.0. The molecule has 2 heterocycles. The van der Waals surface area contributed by atoms with Crippen molar-refractivity contribution in [2.45, 2.75) is 6.54 Å². The predicted octanol–water partition coefficient (Wildman–Crippen LogP) is 1.94. The highest BCUT2D eigenvalue weighted by Gasteiger charge is 2.14. The monoisotopic (exact) mass is 373 g/mol. The Kier molecular flexibility index (Phi) is 4.99. The van der Waals surface area contributed by atoms with Crippen LogP contribution in [0.4, 0.5) is 5.69 Å². The Labute approximate surface area is 152 Å². The summed E-state index contributed by atoms with van der Waals surface area (Å²) in [6, 6.07) is 5.92. The SMILES string of the molecule is COC(=O)c1cc(NCc2cc(=O)n3ccsc3n2)cc(C(=O)OC)c1. The van der Waals surface area contributed by atoms with Gasteiger partial charge in [-0.15, -0.1) is 11.3 Å². The van der Waals surface area contributed by atoms with Crippen LogP contribution in [0.5, 0.6) is 0 Å². The summed E-state index contributed by atoms with van der Waals surface area (Å²) in [5.74, 6) is -1.15. The highest BCUT2D eigenvalue weighted by molar-refractivity contribution is 7.15. The molecule has 3 aromatic rings. The molecular formula is C17H15N3O5S. The molecule has 8 nitrogen and oxygen atoms in total. The second kappa shape index (κ2) is 7.36. The van der Waals surface area contributed by atoms with Crippen LogP contribution in [-0.2, 0) is 16.0 Å². The van der Waals surface area contributed by atoms with Crippen molar-refractivity contribution in [3.63, 3.8) is 0 Å². The van der Waals surface area contributed by atoms with E-state index in [9.17, 15) is 14.4 Å². The van der Waals surface area contributed by atoms with Crippen molar-refractivity contribution in [3.8, 4) is 0 Å². The third-order valence-corrected chi connectivity index (χ3v) is 4.36. The quantitative estimate of drug-likeness (QED) is 0.682. The van der Waals surface area contributed by atoms with Gasteiger partial charge in [0.2, 0.25) is 0 Å². The highest BCUT2D eigenvalue weighted by atomic mass is 32.1. The Morgan fingerprint density at radius 3 is 2.38 bits per heavy atom. The molecule has 0 bridgehead atoms. The number of rotatable bonds is 5. The smallest absolute Gasteiger partial charge is 0.337 e. The highest BCUT2D eigenvalue weighted by Crippen LogP contribution is 2.18. The van der Waals surface area contributed by atoms with Crippen molar-refractivity contribution in [1.29, 1.82) is 0 Å². The maximum atomic E-state index is 12.0. The van der Waals surface area contributed by atoms with Crippen LogP contribution >= 0.6 is 11.3 Å². The summed E-state index contributed by atoms with van der Waals surface area (Å²) in [6.45, 7) is 0.245. The van der Waals surface area contributed by atoms with E-state index in [1.54, 1.807) is 23.7 Å². The normalized spacial score (nSPS) is 10.5. The molecule has 0 aliphatic carbocycles. The fourth-order valence-corrected chi connectivity index (χ4v) is 3.11. The van der Waals surface area contributed by atoms with E-state index < -0.39 is 11.9 Å². The van der Waals surface area contributed by atoms with Gasteiger partial charge in [0.25, 0.3) is 5.56 Å². The van der Waals surface area contributed by atoms with Crippen LogP contribution in [0.1, 0.15) is 26.4 Å². The molecule has 0 radical (unpaired) electrons. The van der Waals surface area contributed by atoms with Crippen molar-refractivity contribution < 1.29 is 19.1 Å². The molecule has 1 N–H and O–H groups in total. The Balaban J connectivity index is 1.88. The molecule has 134 valence electrons. The summed E-state index contributed by atoms with van der Waals surface area (Å²) in [7, 11) is 2.52. The molecule has 1 aromatic carbocycles. The van der Waals surface area contributed by atoms with Crippen LogP contribution < -0.4 is 10.9 Å². The van der Waals surface area contributed by atoms with Gasteiger partial charge >= 0.3 is 11.9 Å². The average molecular weight is 373 g/mol. The first-order valence-corrected chi connectivity index (χ1v) is 8.41. The van der Waals surface area contributed by atoms with Gasteiger partial charge in [-0.1, -0.05) is 0 Å². The first-order chi connectivity index (χ1) is 12.5. The molecule has 0 saturated carbocycles. The Hall–Kier alpha value is -3.20. The number of hydrogen-bond donors (Lipinski definition) is 1. The average Bonchev–Trinajstić information content (AvgIpc) is 3.14. The van der Waals surface area contributed by atoms with Crippen LogP contribution in [-0.4, -0.2) is 35.5 Å². The number of hydrogen-bond acceptors (Lipinski definition) is 8. The number of esters is 2. The standard InChI is InChI=1S/C17H15N3O5S/c1-24-15(22)10-5-11(16(23)25-2)7-12(6-10)18-9-13-8-14(21)20-3-4-26-17(20)19-13/h3-8,18H,9H2,1-2H3. The zero-order valence-corrected chi connectivity index (χ0v) is 14.8. The van der Waals surface area contributed by atoms with Gasteiger partial charge in [0, 0.05) is 23.3 Å². The van der Waals surface area contributed by atoms with E-state index in [1.807, 2.05) is 0 Å². The number of benzene rings is 1. The number of carbonyl (C=O) groups excluding carboxylic acids is 2. The van der Waals surface area contributed by atoms with Crippen molar-refractivity contribution in [2.24, 2.45) is 0 Å². The molecule has 9 heteroatoms. The number of anilines is 1. The van der Waals surface area contributed by atoms with Crippen molar-refractivity contribution in [1.82, 2.24) is 9.38 Å². The number of ether oxygens (including phenoxy) is 2. The second-order valence-electron chi connectivity index (χ2n) is 5.28. The van der Waals surface area contributed by atoms with Gasteiger partial charge in [-0.05, 0) is 18.2 Å². The number of methoxy groups -OCH3 is 2. The fourth-order valence-electron chi connectivity index (χ4n) is 2.37. The lowest BCUT2D eigenvalue weighted by molar-refractivity contribution is 0.0599. The lowest BCUT2D eigenvalue weighted by Crippen LogP contribution is -2.15. The molecular weight excluding hydrogens is 358 g/mol. The minimum absolute atomic E-state index is 0.174. The van der Waals surface area contributed by atoms with Gasteiger partial charge in [0.15, 0.2) is 4.96 Å². The van der Waals surface area contributed by atoms with Gasteiger partial charge in [-0.3, -0.25) is 9.20 Å². The summed E-state index contributed by atoms with van der Waals surface area (Å²) in [6.07, 6.45) is 1.66. The maximum Gasteiger partial charge on any atom is 0.337 e. The van der Waals surface area contributed by atoms with Crippen LogP contribution in [0.15, 0.2) is 40.6 Å². The lowest BCUT2D eigenvalue weighted by Gasteiger charge is -2.10. The summed E-state index contributed by atoms with van der Waals surface area (Å²) in [4.78, 5) is 40.6. The van der Waals surface area contributed by atoms with Crippen molar-refractivity contribution in [2.75, 3.05) is 19.5 Å². The Morgan fingerprint density at radius 2 is 1.77 bits per heavy atom. The van der Waals surface area contributed by atoms with Gasteiger partial charge in [-0.2, -0.15) is 0 Å². The molecule has 3 rings (SSSR count). The summed E-state index contributed by atoms with van der Waals surface area (Å²) >= 11 is 1.36. The van der Waals surface area contributed by atoms with E-state index >= 15 is 0 Å². The molecule has 0 saturated heterocycles. The van der Waals surface area contributed by atoms with Crippen LogP contribution in [0.2, 0.25) is 0 Å². The molecule has 26 heavy (non-hydrogen) atoms. The fraction of sp³-hybridized carbons (Fsp3) is 0.176. The van der Waals surface area contributed by atoms with Gasteiger partial charge in [0.1, 0.15) is 0 Å². The number of nitrogens with zero attached hydrogens (tertiary/aromatic N) is 2. The van der Waals surface area contributed by atoms with E-state index in [-0.39, 0.29) is 23.2 Å². The minimum atomic E-state index is -0.574. The van der Waals surface area contributed by atoms with E-state index in [2.05, 4.69) is 10.3 Å². The molecule has 0 unspecified atom stereocenters. The lowest BCUT2D eigenvalue weighted by atomic mass is 10.1. The van der Waals surface area contributed by atoms with Crippen LogP contribution in [0.25, 0.3) is 4.96 Å². The van der Waals surface area contributed by atoms with Gasteiger partial charge < -0.3 is 14.8 Å². The summed E-state index contributed by atoms with van der Waals surface area (Å²) in [5.41, 5.74) is 1.29. The molecule has 0 aliphatic rings. The molecule has 0 atom stereocenters. The molecule has 0 aliphatic heterocycles. The first kappa shape index (κ1) is 17.6. The van der Waals surface area contributed by atoms with E-state index in [0.29, 0.717) is 16.3 Å². The summed E-state index contributed by atoms with van der Waals surface area (Å²) < 4.78 is 10.9. The number of carbonyl (C=O) groups is 2. The first-order valence-electron chi connectivity index (χ1n) is 7.53. The zero-order chi connectivity index (χ0) is 18.7. The Morgan fingerprint density at radius 1 is 1.12 bits per heavy atom. The molecule has 0 fully saturated rings. The molecule has 2 aromatic heterocycles. The predicted molar refractivity (Wildman–Crippen MR) is 95.8 cm³/mol. The van der Waals surface area contributed by atoms with E-state index in [0.717, 1.165) is 0 Å². The van der Waals surface area contributed by atoms with Crippen LogP contribution in [0.3, 0.4) is 0 Å². The molecule has 0 spiro atoms. The van der Waals surface area contributed by atoms with E-state index in [4.69, 9.17) is 9.47 Å². The largest absolute Gasteiger partial charge is 0.465 e. The van der Waals surface area contributed by atoms with Crippen molar-refractivity contribution >= 4 is 33.9 Å². The number of thiazole rings is 1. The third kappa shape index (κ3) is 3.57. The van der Waals surface area contributed by atoms with Gasteiger partial charge in [-0.25, -0.2) is 14.6 Å². The zero-order valence-electron chi connectivity index (χ0n) is 14.0. The Bertz CT molecular complexity index is 1010. The van der Waals surface area contributed by atoms with Crippen molar-refractivity contribution in [3.05, 3.63) is 63.0 Å². The van der Waals surface area contributed by atoms with E-state index in [1.165, 1.54) is 42.1 Å². The molecule has 0 amide bonds. The number of aromatic nitrogens is 2. The topological polar surface area (TPSA) is 99.0 Å². The number of fused-ring (bicyclic) bond motifs is 1.